The number of carbonyl (C=O) groups is 2. The number of carboxylic acids is 1. The lowest BCUT2D eigenvalue weighted by Gasteiger charge is -2.37. The Morgan fingerprint density at radius 2 is 1.65 bits per heavy atom. The van der Waals surface area contributed by atoms with Crippen molar-refractivity contribution in [3.05, 3.63) is 0 Å². The molecule has 118 valence electrons. The first-order chi connectivity index (χ1) is 8.78. The van der Waals surface area contributed by atoms with Crippen LogP contribution in [-0.4, -0.2) is 46.3 Å². The molecular weight excluding hydrogens is 260 g/mol. The molecule has 0 aliphatic heterocycles. The molecule has 0 saturated heterocycles. The molecule has 0 aliphatic rings. The van der Waals surface area contributed by atoms with E-state index in [9.17, 15) is 9.59 Å². The van der Waals surface area contributed by atoms with Gasteiger partial charge in [-0.3, -0.25) is 4.79 Å². The third-order valence-electron chi connectivity index (χ3n) is 2.94. The Kier molecular flexibility index (Phi) is 6.02. The van der Waals surface area contributed by atoms with Crippen molar-refractivity contribution in [1.29, 1.82) is 0 Å². The number of nitrogens with zero attached hydrogens (tertiary/aromatic N) is 1. The third-order valence-corrected chi connectivity index (χ3v) is 2.94. The molecule has 0 radical (unpaired) electrons. The molecule has 0 aromatic heterocycles. The fourth-order valence-corrected chi connectivity index (χ4v) is 1.65. The van der Waals surface area contributed by atoms with E-state index in [2.05, 4.69) is 0 Å². The normalized spacial score (nSPS) is 14.1. The van der Waals surface area contributed by atoms with Gasteiger partial charge in [0.25, 0.3) is 0 Å². The van der Waals surface area contributed by atoms with Crippen molar-refractivity contribution in [3.8, 4) is 0 Å². The zero-order chi connectivity index (χ0) is 16.3. The number of nitrogens with two attached hydrogens (primary N) is 1. The monoisotopic (exact) mass is 288 g/mol. The number of carbonyl (C=O) groups excluding carboxylic acids is 1. The van der Waals surface area contributed by atoms with Crippen molar-refractivity contribution >= 4 is 12.1 Å². The summed E-state index contributed by atoms with van der Waals surface area (Å²) in [6.07, 6.45) is -0.460. The van der Waals surface area contributed by atoms with Gasteiger partial charge in [0.05, 0.1) is 0 Å². The van der Waals surface area contributed by atoms with Crippen LogP contribution in [-0.2, 0) is 9.53 Å². The second-order valence-electron chi connectivity index (χ2n) is 7.01. The summed E-state index contributed by atoms with van der Waals surface area (Å²) in [5, 5.41) is 9.03. The maximum absolute atomic E-state index is 12.2. The average molecular weight is 288 g/mol. The molecule has 20 heavy (non-hydrogen) atoms. The Labute approximate surface area is 121 Å². The number of ether oxygens (including phenoxy) is 1. The van der Waals surface area contributed by atoms with Gasteiger partial charge in [-0.25, -0.2) is 4.79 Å². The fraction of sp³-hybridized carbons (Fsp3) is 0.857. The molecule has 0 heterocycles. The summed E-state index contributed by atoms with van der Waals surface area (Å²) < 4.78 is 5.35. The van der Waals surface area contributed by atoms with Crippen LogP contribution in [0.3, 0.4) is 0 Å². The Hall–Kier alpha value is -1.30. The first kappa shape index (κ1) is 18.7. The molecule has 0 aliphatic carbocycles. The zero-order valence-electron chi connectivity index (χ0n) is 13.6. The van der Waals surface area contributed by atoms with E-state index in [1.54, 1.807) is 34.6 Å². The van der Waals surface area contributed by atoms with Gasteiger partial charge in [-0.15, -0.1) is 0 Å². The molecule has 0 rings (SSSR count). The van der Waals surface area contributed by atoms with Crippen molar-refractivity contribution < 1.29 is 19.4 Å². The van der Waals surface area contributed by atoms with Crippen LogP contribution >= 0.6 is 0 Å². The topological polar surface area (TPSA) is 92.9 Å². The predicted octanol–water partition coefficient (Wildman–Crippen LogP) is 2.07. The van der Waals surface area contributed by atoms with Crippen molar-refractivity contribution in [2.24, 2.45) is 11.1 Å². The molecule has 6 nitrogen and oxygen atoms in total. The minimum Gasteiger partial charge on any atom is -0.480 e. The van der Waals surface area contributed by atoms with E-state index < -0.39 is 29.1 Å². The van der Waals surface area contributed by atoms with E-state index in [0.717, 1.165) is 0 Å². The quantitative estimate of drug-likeness (QED) is 0.807. The van der Waals surface area contributed by atoms with E-state index >= 15 is 0 Å². The van der Waals surface area contributed by atoms with Gasteiger partial charge in [-0.05, 0) is 34.6 Å². The second kappa shape index (κ2) is 6.43. The average Bonchev–Trinajstić information content (AvgIpc) is 2.21. The molecule has 0 aromatic carbocycles. The minimum atomic E-state index is -1.08. The first-order valence-corrected chi connectivity index (χ1v) is 6.76. The molecule has 0 fully saturated rings. The number of carboxylic acid groups (broad SMARTS) is 1. The van der Waals surface area contributed by atoms with E-state index in [1.807, 2.05) is 13.8 Å². The lowest BCUT2D eigenvalue weighted by molar-refractivity contribution is -0.141. The number of hydrogen-bond acceptors (Lipinski definition) is 4. The van der Waals surface area contributed by atoms with Crippen LogP contribution < -0.4 is 5.73 Å². The molecule has 3 N–H and O–H groups in total. The number of amides is 1. The molecule has 6 heteroatoms. The predicted molar refractivity (Wildman–Crippen MR) is 77.5 cm³/mol. The van der Waals surface area contributed by atoms with E-state index in [0.29, 0.717) is 0 Å². The van der Waals surface area contributed by atoms with Crippen molar-refractivity contribution in [1.82, 2.24) is 4.90 Å². The van der Waals surface area contributed by atoms with E-state index in [-0.39, 0.29) is 12.6 Å². The molecule has 1 amide bonds. The molecule has 0 bridgehead atoms. The summed E-state index contributed by atoms with van der Waals surface area (Å²) in [4.78, 5) is 24.7. The summed E-state index contributed by atoms with van der Waals surface area (Å²) in [5.41, 5.74) is 4.34. The van der Waals surface area contributed by atoms with Crippen LogP contribution in [0.4, 0.5) is 4.79 Å². The SMILES string of the molecule is CC(C)N(CC(C)(C)C(N)C(=O)O)C(=O)OC(C)(C)C. The van der Waals surface area contributed by atoms with Crippen LogP contribution in [0, 0.1) is 5.41 Å². The Bertz CT molecular complexity index is 359. The Morgan fingerprint density at radius 3 is 1.95 bits per heavy atom. The van der Waals surface area contributed by atoms with Gasteiger partial charge in [0.15, 0.2) is 0 Å². The minimum absolute atomic E-state index is 0.106. The highest BCUT2D eigenvalue weighted by atomic mass is 16.6. The van der Waals surface area contributed by atoms with Crippen LogP contribution in [0.5, 0.6) is 0 Å². The highest BCUT2D eigenvalue weighted by molar-refractivity contribution is 5.74. The first-order valence-electron chi connectivity index (χ1n) is 6.76. The summed E-state index contributed by atoms with van der Waals surface area (Å²) >= 11 is 0. The van der Waals surface area contributed by atoms with Crippen LogP contribution in [0.25, 0.3) is 0 Å². The van der Waals surface area contributed by atoms with Crippen LogP contribution in [0.2, 0.25) is 0 Å². The number of rotatable bonds is 5. The van der Waals surface area contributed by atoms with Gasteiger partial charge in [0.1, 0.15) is 11.6 Å². The summed E-state index contributed by atoms with van der Waals surface area (Å²) in [5.74, 6) is -1.08. The zero-order valence-corrected chi connectivity index (χ0v) is 13.6. The van der Waals surface area contributed by atoms with Crippen LogP contribution in [0.15, 0.2) is 0 Å². The Balaban J connectivity index is 5.04. The highest BCUT2D eigenvalue weighted by Gasteiger charge is 2.37. The van der Waals surface area contributed by atoms with Gasteiger partial charge in [0, 0.05) is 18.0 Å². The maximum atomic E-state index is 12.2. The molecule has 0 spiro atoms. The molecule has 0 saturated carbocycles. The van der Waals surface area contributed by atoms with Gasteiger partial charge in [0.2, 0.25) is 0 Å². The van der Waals surface area contributed by atoms with Gasteiger partial charge >= 0.3 is 12.1 Å². The largest absolute Gasteiger partial charge is 0.480 e. The Morgan fingerprint density at radius 1 is 1.20 bits per heavy atom. The third kappa shape index (κ3) is 5.77. The van der Waals surface area contributed by atoms with E-state index in [1.165, 1.54) is 4.90 Å². The summed E-state index contributed by atoms with van der Waals surface area (Å²) in [6, 6.07) is -1.16. The summed E-state index contributed by atoms with van der Waals surface area (Å²) in [7, 11) is 0. The molecule has 1 unspecified atom stereocenters. The highest BCUT2D eigenvalue weighted by Crippen LogP contribution is 2.24. The summed E-state index contributed by atoms with van der Waals surface area (Å²) in [6.45, 7) is 12.7. The van der Waals surface area contributed by atoms with Gasteiger partial charge in [-0.2, -0.15) is 0 Å². The molecule has 1 atom stereocenters. The van der Waals surface area contributed by atoms with Crippen molar-refractivity contribution in [2.75, 3.05) is 6.54 Å². The lowest BCUT2D eigenvalue weighted by atomic mass is 9.84. The smallest absolute Gasteiger partial charge is 0.410 e. The molecular formula is C14H28N2O4. The van der Waals surface area contributed by atoms with Gasteiger partial charge < -0.3 is 20.5 Å². The molecule has 0 aromatic rings. The maximum Gasteiger partial charge on any atom is 0.410 e. The second-order valence-corrected chi connectivity index (χ2v) is 7.01. The fourth-order valence-electron chi connectivity index (χ4n) is 1.65. The van der Waals surface area contributed by atoms with E-state index in [4.69, 9.17) is 15.6 Å². The lowest BCUT2D eigenvalue weighted by Crippen LogP contribution is -2.53. The van der Waals surface area contributed by atoms with Crippen molar-refractivity contribution in [2.45, 2.75) is 66.2 Å². The number of aliphatic carboxylic acids is 1. The van der Waals surface area contributed by atoms with Crippen molar-refractivity contribution in [3.63, 3.8) is 0 Å². The number of hydrogen-bond donors (Lipinski definition) is 2. The standard InChI is InChI=1S/C14H28N2O4/c1-9(2)16(12(19)20-13(3,4)5)8-14(6,7)10(15)11(17)18/h9-10H,8,15H2,1-7H3,(H,17,18). The van der Waals surface area contributed by atoms with Crippen LogP contribution in [0.1, 0.15) is 48.5 Å². The van der Waals surface area contributed by atoms with Gasteiger partial charge in [-0.1, -0.05) is 13.8 Å².